The molecule has 2 aromatic rings. The molecular weight excluding hydrogens is 186 g/mol. The van der Waals surface area contributed by atoms with E-state index in [0.717, 1.165) is 11.4 Å². The number of thiazole rings is 1. The normalized spacial score (nSPS) is 13.1. The van der Waals surface area contributed by atoms with Crippen molar-refractivity contribution in [1.82, 2.24) is 20.0 Å². The van der Waals surface area contributed by atoms with Crippen molar-refractivity contribution in [3.63, 3.8) is 0 Å². The molecule has 0 saturated carbocycles. The van der Waals surface area contributed by atoms with Crippen molar-refractivity contribution >= 4 is 11.3 Å². The second-order valence-corrected chi connectivity index (χ2v) is 3.39. The molecule has 0 aromatic carbocycles. The predicted octanol–water partition coefficient (Wildman–Crippen LogP) is 0.320. The summed E-state index contributed by atoms with van der Waals surface area (Å²) in [5.74, 6) is 0. The minimum Gasteiger partial charge on any atom is -0.318 e. The Bertz CT molecular complexity index is 379. The van der Waals surface area contributed by atoms with Crippen molar-refractivity contribution in [1.29, 1.82) is 0 Å². The molecule has 2 N–H and O–H groups in total. The van der Waals surface area contributed by atoms with Gasteiger partial charge in [0.1, 0.15) is 0 Å². The van der Waals surface area contributed by atoms with E-state index in [9.17, 15) is 0 Å². The maximum Gasteiger partial charge on any atom is 0.0921 e. The lowest BCUT2D eigenvalue weighted by Crippen LogP contribution is -2.16. The van der Waals surface area contributed by atoms with Crippen LogP contribution in [0.4, 0.5) is 0 Å². The molecule has 0 fully saturated rings. The first kappa shape index (κ1) is 8.33. The predicted molar refractivity (Wildman–Crippen MR) is 49.1 cm³/mol. The van der Waals surface area contributed by atoms with Gasteiger partial charge in [-0.05, 0) is 0 Å². The number of aromatic nitrogens is 4. The molecule has 1 atom stereocenters. The molecule has 1 unspecified atom stereocenters. The molecule has 2 heterocycles. The van der Waals surface area contributed by atoms with E-state index in [1.807, 2.05) is 12.4 Å². The lowest BCUT2D eigenvalue weighted by Gasteiger charge is -2.07. The topological polar surface area (TPSA) is 69.6 Å². The van der Waals surface area contributed by atoms with Crippen LogP contribution in [-0.4, -0.2) is 20.0 Å². The zero-order chi connectivity index (χ0) is 9.26. The molecule has 68 valence electrons. The summed E-state index contributed by atoms with van der Waals surface area (Å²) in [6.07, 6.45) is 1.66. The highest BCUT2D eigenvalue weighted by Crippen LogP contribution is 2.17. The van der Waals surface area contributed by atoms with Crippen LogP contribution in [0, 0.1) is 0 Å². The fourth-order valence-corrected chi connectivity index (χ4v) is 1.70. The van der Waals surface area contributed by atoms with Gasteiger partial charge in [0.25, 0.3) is 0 Å². The number of hydrogen-bond acceptors (Lipinski definition) is 5. The van der Waals surface area contributed by atoms with Crippen LogP contribution < -0.4 is 5.73 Å². The first-order valence-corrected chi connectivity index (χ1v) is 4.71. The molecule has 0 aliphatic carbocycles. The molecule has 6 heteroatoms. The van der Waals surface area contributed by atoms with Crippen LogP contribution in [0.3, 0.4) is 0 Å². The Balaban J connectivity index is 2.33. The fourth-order valence-electron chi connectivity index (χ4n) is 1.11. The van der Waals surface area contributed by atoms with Gasteiger partial charge in [0, 0.05) is 12.4 Å². The van der Waals surface area contributed by atoms with Crippen LogP contribution in [-0.2, 0) is 7.05 Å². The summed E-state index contributed by atoms with van der Waals surface area (Å²) in [5, 5.41) is 9.50. The highest BCUT2D eigenvalue weighted by molar-refractivity contribution is 7.07. The molecule has 2 aromatic heterocycles. The molecule has 0 aliphatic rings. The number of rotatable bonds is 2. The minimum absolute atomic E-state index is 0.230. The van der Waals surface area contributed by atoms with Gasteiger partial charge in [-0.2, -0.15) is 0 Å². The van der Waals surface area contributed by atoms with Crippen molar-refractivity contribution in [3.05, 3.63) is 28.5 Å². The van der Waals surface area contributed by atoms with Gasteiger partial charge in [-0.1, -0.05) is 5.21 Å². The van der Waals surface area contributed by atoms with Gasteiger partial charge >= 0.3 is 0 Å². The van der Waals surface area contributed by atoms with E-state index in [-0.39, 0.29) is 6.04 Å². The van der Waals surface area contributed by atoms with Gasteiger partial charge in [0.05, 0.1) is 29.1 Å². The lowest BCUT2D eigenvalue weighted by molar-refractivity contribution is 0.646. The fraction of sp³-hybridized carbons (Fsp3) is 0.286. The third-order valence-corrected chi connectivity index (χ3v) is 2.44. The summed E-state index contributed by atoms with van der Waals surface area (Å²) in [6.45, 7) is 0. The Hall–Kier alpha value is -1.27. The van der Waals surface area contributed by atoms with Crippen molar-refractivity contribution in [2.75, 3.05) is 0 Å². The van der Waals surface area contributed by atoms with Crippen molar-refractivity contribution in [2.24, 2.45) is 12.8 Å². The first-order valence-electron chi connectivity index (χ1n) is 3.77. The summed E-state index contributed by atoms with van der Waals surface area (Å²) in [6, 6.07) is -0.230. The summed E-state index contributed by atoms with van der Waals surface area (Å²) in [4.78, 5) is 4.14. The minimum atomic E-state index is -0.230. The molecule has 0 spiro atoms. The summed E-state index contributed by atoms with van der Waals surface area (Å²) in [5.41, 5.74) is 9.44. The number of nitrogens with two attached hydrogens (primary N) is 1. The van der Waals surface area contributed by atoms with E-state index in [0.29, 0.717) is 0 Å². The van der Waals surface area contributed by atoms with E-state index in [1.54, 1.807) is 16.4 Å². The maximum absolute atomic E-state index is 5.95. The van der Waals surface area contributed by atoms with Crippen molar-refractivity contribution in [2.45, 2.75) is 6.04 Å². The Kier molecular flexibility index (Phi) is 2.07. The Morgan fingerprint density at radius 2 is 2.46 bits per heavy atom. The monoisotopic (exact) mass is 195 g/mol. The smallest absolute Gasteiger partial charge is 0.0921 e. The summed E-state index contributed by atoms with van der Waals surface area (Å²) in [7, 11) is 1.81. The number of aryl methyl sites for hydroxylation is 1. The van der Waals surface area contributed by atoms with E-state index in [2.05, 4.69) is 15.3 Å². The second-order valence-electron chi connectivity index (χ2n) is 2.67. The van der Waals surface area contributed by atoms with E-state index in [4.69, 9.17) is 5.73 Å². The lowest BCUT2D eigenvalue weighted by atomic mass is 10.2. The van der Waals surface area contributed by atoms with Gasteiger partial charge in [-0.15, -0.1) is 16.4 Å². The molecule has 2 rings (SSSR count). The molecule has 0 amide bonds. The van der Waals surface area contributed by atoms with Gasteiger partial charge in [0.2, 0.25) is 0 Å². The molecular formula is C7H9N5S. The van der Waals surface area contributed by atoms with Gasteiger partial charge in [-0.3, -0.25) is 4.68 Å². The van der Waals surface area contributed by atoms with Crippen LogP contribution in [0.25, 0.3) is 0 Å². The van der Waals surface area contributed by atoms with Gasteiger partial charge in [-0.25, -0.2) is 4.98 Å². The van der Waals surface area contributed by atoms with Gasteiger partial charge < -0.3 is 5.73 Å². The van der Waals surface area contributed by atoms with Crippen LogP contribution >= 0.6 is 11.3 Å². The third-order valence-electron chi connectivity index (χ3n) is 1.84. The van der Waals surface area contributed by atoms with E-state index >= 15 is 0 Å². The highest BCUT2D eigenvalue weighted by Gasteiger charge is 2.14. The molecule has 5 nitrogen and oxygen atoms in total. The first-order chi connectivity index (χ1) is 6.29. The largest absolute Gasteiger partial charge is 0.318 e. The Morgan fingerprint density at radius 1 is 1.62 bits per heavy atom. The van der Waals surface area contributed by atoms with E-state index < -0.39 is 0 Å². The second kappa shape index (κ2) is 3.23. The number of hydrogen-bond donors (Lipinski definition) is 1. The molecule has 13 heavy (non-hydrogen) atoms. The Labute approximate surface area is 79.2 Å². The van der Waals surface area contributed by atoms with Crippen LogP contribution in [0.15, 0.2) is 17.1 Å². The zero-order valence-corrected chi connectivity index (χ0v) is 7.90. The number of nitrogens with zero attached hydrogens (tertiary/aromatic N) is 4. The third kappa shape index (κ3) is 1.45. The van der Waals surface area contributed by atoms with Crippen LogP contribution in [0.5, 0.6) is 0 Å². The standard InChI is InChI=1S/C7H9N5S/c1-12-6(2-10-11-12)7(8)5-3-13-4-9-5/h2-4,7H,8H2,1H3. The summed E-state index contributed by atoms with van der Waals surface area (Å²) >= 11 is 1.53. The zero-order valence-electron chi connectivity index (χ0n) is 7.08. The van der Waals surface area contributed by atoms with Gasteiger partial charge in [0.15, 0.2) is 0 Å². The molecule has 0 aliphatic heterocycles. The average Bonchev–Trinajstić information content (AvgIpc) is 2.72. The van der Waals surface area contributed by atoms with Crippen LogP contribution in [0.1, 0.15) is 17.4 Å². The quantitative estimate of drug-likeness (QED) is 0.749. The van der Waals surface area contributed by atoms with Crippen molar-refractivity contribution < 1.29 is 0 Å². The van der Waals surface area contributed by atoms with Crippen LogP contribution in [0.2, 0.25) is 0 Å². The molecule has 0 radical (unpaired) electrons. The maximum atomic E-state index is 5.95. The van der Waals surface area contributed by atoms with E-state index in [1.165, 1.54) is 11.3 Å². The SMILES string of the molecule is Cn1nncc1C(N)c1cscn1. The van der Waals surface area contributed by atoms with Crippen molar-refractivity contribution in [3.8, 4) is 0 Å². The summed E-state index contributed by atoms with van der Waals surface area (Å²) < 4.78 is 1.66. The average molecular weight is 195 g/mol. The molecule has 0 saturated heterocycles. The molecule has 0 bridgehead atoms. The highest BCUT2D eigenvalue weighted by atomic mass is 32.1. The Morgan fingerprint density at radius 3 is 3.00 bits per heavy atom.